The number of aliphatic hydroxyl groups excluding tert-OH is 1. The van der Waals surface area contributed by atoms with E-state index < -0.39 is 30.3 Å². The average Bonchev–Trinajstić information content (AvgIpc) is 3.52. The molecule has 1 aliphatic heterocycles. The van der Waals surface area contributed by atoms with E-state index in [1.807, 2.05) is 24.3 Å². The van der Waals surface area contributed by atoms with Gasteiger partial charge in [-0.3, -0.25) is 4.79 Å². The number of hydrogen-bond acceptors (Lipinski definition) is 5. The van der Waals surface area contributed by atoms with Gasteiger partial charge in [-0.15, -0.1) is 0 Å². The third kappa shape index (κ3) is 4.37. The minimum Gasteiger partial charge on any atom is -0.480 e. The molecule has 3 N–H and O–H groups in total. The number of hydrogen-bond donors (Lipinski definition) is 3. The highest BCUT2D eigenvalue weighted by Gasteiger charge is 2.41. The Morgan fingerprint density at radius 1 is 1.03 bits per heavy atom. The van der Waals surface area contributed by atoms with Crippen LogP contribution >= 0.6 is 0 Å². The van der Waals surface area contributed by atoms with Gasteiger partial charge in [0.1, 0.15) is 12.6 Å². The molecular weight excluding hydrogens is 436 g/mol. The first-order chi connectivity index (χ1) is 16.4. The predicted octanol–water partition coefficient (Wildman–Crippen LogP) is 2.74. The number of likely N-dealkylation sites (tertiary alicyclic amines) is 1. The summed E-state index contributed by atoms with van der Waals surface area (Å²) in [5.41, 5.74) is 4.54. The number of aliphatic carboxylic acids is 1. The van der Waals surface area contributed by atoms with Crippen LogP contribution in [0, 0.1) is 5.92 Å². The van der Waals surface area contributed by atoms with E-state index in [0.29, 0.717) is 0 Å². The highest BCUT2D eigenvalue weighted by molar-refractivity contribution is 5.85. The minimum atomic E-state index is -1.13. The fourth-order valence-corrected chi connectivity index (χ4v) is 5.25. The molecule has 178 valence electrons. The van der Waals surface area contributed by atoms with Crippen LogP contribution in [0.3, 0.4) is 0 Å². The van der Waals surface area contributed by atoms with Crippen molar-refractivity contribution in [2.24, 2.45) is 5.92 Å². The van der Waals surface area contributed by atoms with Crippen LogP contribution in [0.1, 0.15) is 42.7 Å². The number of ether oxygens (including phenoxy) is 1. The van der Waals surface area contributed by atoms with Crippen LogP contribution < -0.4 is 5.32 Å². The molecule has 1 heterocycles. The SMILES string of the molecule is O=C(NC(CC(=O)N1C[C@H](O)C[C@@H]1C(=O)O)C1CC1)OCC1c2ccccc2-c2ccccc21. The van der Waals surface area contributed by atoms with Gasteiger partial charge >= 0.3 is 12.1 Å². The van der Waals surface area contributed by atoms with Gasteiger partial charge in [-0.25, -0.2) is 9.59 Å². The summed E-state index contributed by atoms with van der Waals surface area (Å²) in [5, 5.41) is 22.0. The van der Waals surface area contributed by atoms with Crippen LogP contribution in [0.2, 0.25) is 0 Å². The Labute approximate surface area is 197 Å². The molecule has 0 spiro atoms. The second-order valence-corrected chi connectivity index (χ2v) is 9.41. The second kappa shape index (κ2) is 9.10. The molecule has 8 heteroatoms. The number of carboxylic acid groups (broad SMARTS) is 1. The third-order valence-corrected chi connectivity index (χ3v) is 7.12. The van der Waals surface area contributed by atoms with Crippen molar-refractivity contribution >= 4 is 18.0 Å². The van der Waals surface area contributed by atoms with Crippen molar-refractivity contribution in [2.45, 2.75) is 49.8 Å². The zero-order valence-corrected chi connectivity index (χ0v) is 18.7. The molecule has 8 nitrogen and oxygen atoms in total. The van der Waals surface area contributed by atoms with Crippen molar-refractivity contribution in [1.82, 2.24) is 10.2 Å². The summed E-state index contributed by atoms with van der Waals surface area (Å²) in [6.07, 6.45) is 0.377. The highest BCUT2D eigenvalue weighted by Crippen LogP contribution is 2.44. The molecule has 2 aromatic rings. The van der Waals surface area contributed by atoms with E-state index in [-0.39, 0.29) is 43.7 Å². The summed E-state index contributed by atoms with van der Waals surface area (Å²) in [7, 11) is 0. The summed E-state index contributed by atoms with van der Waals surface area (Å²) in [6, 6.07) is 14.7. The van der Waals surface area contributed by atoms with Crippen molar-refractivity contribution in [3.05, 3.63) is 59.7 Å². The van der Waals surface area contributed by atoms with Gasteiger partial charge in [-0.2, -0.15) is 0 Å². The maximum absolute atomic E-state index is 12.8. The zero-order chi connectivity index (χ0) is 23.8. The lowest BCUT2D eigenvalue weighted by atomic mass is 9.98. The Morgan fingerprint density at radius 3 is 2.24 bits per heavy atom. The van der Waals surface area contributed by atoms with Gasteiger partial charge in [0.2, 0.25) is 5.91 Å². The Morgan fingerprint density at radius 2 is 1.65 bits per heavy atom. The van der Waals surface area contributed by atoms with Crippen LogP contribution in [-0.2, 0) is 14.3 Å². The first kappa shape index (κ1) is 22.4. The van der Waals surface area contributed by atoms with E-state index in [1.165, 1.54) is 4.90 Å². The number of alkyl carbamates (subject to hydrolysis) is 1. The van der Waals surface area contributed by atoms with E-state index in [0.717, 1.165) is 35.1 Å². The number of nitrogens with one attached hydrogen (secondary N) is 1. The Balaban J connectivity index is 1.22. The van der Waals surface area contributed by atoms with Gasteiger partial charge in [0.15, 0.2) is 0 Å². The molecule has 0 bridgehead atoms. The largest absolute Gasteiger partial charge is 0.480 e. The van der Waals surface area contributed by atoms with Crippen molar-refractivity contribution in [1.29, 1.82) is 0 Å². The van der Waals surface area contributed by atoms with Gasteiger partial charge in [0.25, 0.3) is 0 Å². The minimum absolute atomic E-state index is 0.00185. The van der Waals surface area contributed by atoms with Gasteiger partial charge in [0, 0.05) is 31.3 Å². The molecule has 34 heavy (non-hydrogen) atoms. The van der Waals surface area contributed by atoms with Crippen LogP contribution in [0.5, 0.6) is 0 Å². The maximum Gasteiger partial charge on any atom is 0.407 e. The monoisotopic (exact) mass is 464 g/mol. The summed E-state index contributed by atoms with van der Waals surface area (Å²) >= 11 is 0. The molecule has 2 fully saturated rings. The molecule has 1 saturated carbocycles. The van der Waals surface area contributed by atoms with E-state index in [1.54, 1.807) is 0 Å². The van der Waals surface area contributed by atoms with Crippen LogP contribution in [0.15, 0.2) is 48.5 Å². The number of nitrogens with zero attached hydrogens (tertiary/aromatic N) is 1. The number of fused-ring (bicyclic) bond motifs is 3. The normalized spacial score (nSPS) is 22.1. The fraction of sp³-hybridized carbons (Fsp3) is 0.423. The first-order valence-corrected chi connectivity index (χ1v) is 11.7. The lowest BCUT2D eigenvalue weighted by Crippen LogP contribution is -2.45. The molecular formula is C26H28N2O6. The Bertz CT molecular complexity index is 1070. The van der Waals surface area contributed by atoms with Crippen LogP contribution in [-0.4, -0.2) is 64.4 Å². The van der Waals surface area contributed by atoms with Gasteiger partial charge in [-0.1, -0.05) is 48.5 Å². The molecule has 5 rings (SSSR count). The number of carbonyl (C=O) groups excluding carboxylic acids is 2. The maximum atomic E-state index is 12.8. The molecule has 1 unspecified atom stereocenters. The van der Waals surface area contributed by atoms with E-state index in [9.17, 15) is 24.6 Å². The van der Waals surface area contributed by atoms with Gasteiger partial charge < -0.3 is 25.2 Å². The van der Waals surface area contributed by atoms with Crippen LogP contribution in [0.4, 0.5) is 4.79 Å². The van der Waals surface area contributed by atoms with Crippen molar-refractivity contribution in [3.8, 4) is 11.1 Å². The quantitative estimate of drug-likeness (QED) is 0.580. The fourth-order valence-electron chi connectivity index (χ4n) is 5.25. The van der Waals surface area contributed by atoms with Crippen LogP contribution in [0.25, 0.3) is 11.1 Å². The molecule has 1 saturated heterocycles. The molecule has 2 aliphatic carbocycles. The Kier molecular flexibility index (Phi) is 6.00. The molecule has 0 radical (unpaired) electrons. The van der Waals surface area contributed by atoms with E-state index in [2.05, 4.69) is 29.6 Å². The molecule has 0 aromatic heterocycles. The number of β-amino-alcohol motifs (C(OH)–C–C–N with tert-alkyl or cyclic N) is 1. The number of amides is 2. The number of carbonyl (C=O) groups is 3. The number of aliphatic hydroxyl groups is 1. The molecule has 2 aromatic carbocycles. The van der Waals surface area contributed by atoms with Crippen molar-refractivity contribution in [3.63, 3.8) is 0 Å². The molecule has 3 aliphatic rings. The predicted molar refractivity (Wildman–Crippen MR) is 123 cm³/mol. The van der Waals surface area contributed by atoms with E-state index >= 15 is 0 Å². The van der Waals surface area contributed by atoms with Gasteiger partial charge in [0.05, 0.1) is 6.10 Å². The smallest absolute Gasteiger partial charge is 0.407 e. The number of rotatable bonds is 7. The first-order valence-electron chi connectivity index (χ1n) is 11.7. The third-order valence-electron chi connectivity index (χ3n) is 7.12. The van der Waals surface area contributed by atoms with E-state index in [4.69, 9.17) is 4.74 Å². The van der Waals surface area contributed by atoms with Gasteiger partial charge in [-0.05, 0) is 41.0 Å². The topological polar surface area (TPSA) is 116 Å². The van der Waals surface area contributed by atoms with Crippen molar-refractivity contribution < 1.29 is 29.3 Å². The molecule has 3 atom stereocenters. The summed E-state index contributed by atoms with van der Waals surface area (Å²) in [5.74, 6) is -1.39. The molecule has 2 amide bonds. The number of carboxylic acids is 1. The second-order valence-electron chi connectivity index (χ2n) is 9.41. The lowest BCUT2D eigenvalue weighted by Gasteiger charge is -2.25. The average molecular weight is 465 g/mol. The zero-order valence-electron chi connectivity index (χ0n) is 18.7. The summed E-state index contributed by atoms with van der Waals surface area (Å²) in [6.45, 7) is 0.183. The summed E-state index contributed by atoms with van der Waals surface area (Å²) < 4.78 is 5.62. The summed E-state index contributed by atoms with van der Waals surface area (Å²) in [4.78, 5) is 38.2. The number of benzene rings is 2. The Hall–Kier alpha value is -3.39. The standard InChI is InChI=1S/C26H28N2O6/c29-16-11-23(25(31)32)28(13-16)24(30)12-22(15-9-10-15)27-26(33)34-14-21-19-7-3-1-5-17(19)18-6-2-4-8-20(18)21/h1-8,15-16,21-23,29H,9-14H2,(H,27,33)(H,31,32)/t16-,22?,23-/m1/s1. The van der Waals surface area contributed by atoms with Crippen molar-refractivity contribution in [2.75, 3.05) is 13.2 Å². The lowest BCUT2D eigenvalue weighted by molar-refractivity contribution is -0.148. The highest BCUT2D eigenvalue weighted by atomic mass is 16.5.